The molecule has 0 aliphatic heterocycles. The quantitative estimate of drug-likeness (QED) is 0.639. The molecule has 1 aromatic carbocycles. The molecule has 0 unspecified atom stereocenters. The van der Waals surface area contributed by atoms with Gasteiger partial charge in [0.1, 0.15) is 6.61 Å². The highest BCUT2D eigenvalue weighted by Crippen LogP contribution is 2.30. The molecule has 0 heterocycles. The molecule has 0 aliphatic carbocycles. The summed E-state index contributed by atoms with van der Waals surface area (Å²) >= 11 is 0. The molecule has 5 nitrogen and oxygen atoms in total. The number of benzene rings is 1. The van der Waals surface area contributed by atoms with Crippen LogP contribution in [0.25, 0.3) is 0 Å². The highest BCUT2D eigenvalue weighted by Gasteiger charge is 2.09. The van der Waals surface area contributed by atoms with Crippen molar-refractivity contribution in [1.82, 2.24) is 5.32 Å². The topological polar surface area (TPSA) is 60.0 Å². The lowest BCUT2D eigenvalue weighted by Gasteiger charge is -2.14. The SMILES string of the molecule is COCCNCc1cccc(OC)c1OCCO. The standard InChI is InChI=1S/C13H21NO4/c1-16-8-6-14-10-11-4-3-5-12(17-2)13(11)18-9-7-15/h3-5,14-15H,6-10H2,1-2H3. The fourth-order valence-electron chi connectivity index (χ4n) is 1.57. The highest BCUT2D eigenvalue weighted by atomic mass is 16.5. The van der Waals surface area contributed by atoms with E-state index in [2.05, 4.69) is 5.32 Å². The number of hydrogen-bond donors (Lipinski definition) is 2. The van der Waals surface area contributed by atoms with E-state index in [1.807, 2.05) is 18.2 Å². The average molecular weight is 255 g/mol. The maximum absolute atomic E-state index is 8.83. The second-order valence-electron chi connectivity index (χ2n) is 3.69. The van der Waals surface area contributed by atoms with Crippen LogP contribution in [-0.2, 0) is 11.3 Å². The van der Waals surface area contributed by atoms with Crippen LogP contribution >= 0.6 is 0 Å². The maximum Gasteiger partial charge on any atom is 0.165 e. The molecule has 0 radical (unpaired) electrons. The zero-order valence-electron chi connectivity index (χ0n) is 10.9. The monoisotopic (exact) mass is 255 g/mol. The van der Waals surface area contributed by atoms with Crippen molar-refractivity contribution in [3.05, 3.63) is 23.8 Å². The molecule has 0 bridgehead atoms. The van der Waals surface area contributed by atoms with Gasteiger partial charge in [-0.15, -0.1) is 0 Å². The van der Waals surface area contributed by atoms with Gasteiger partial charge in [-0.05, 0) is 6.07 Å². The molecule has 1 rings (SSSR count). The number of aliphatic hydroxyl groups is 1. The van der Waals surface area contributed by atoms with Gasteiger partial charge in [0.25, 0.3) is 0 Å². The van der Waals surface area contributed by atoms with Crippen LogP contribution in [0.1, 0.15) is 5.56 Å². The molecule has 0 amide bonds. The normalized spacial score (nSPS) is 10.4. The summed E-state index contributed by atoms with van der Waals surface area (Å²) in [5.74, 6) is 1.36. The van der Waals surface area contributed by atoms with Gasteiger partial charge in [-0.3, -0.25) is 0 Å². The largest absolute Gasteiger partial charge is 0.493 e. The van der Waals surface area contributed by atoms with Gasteiger partial charge in [0.15, 0.2) is 11.5 Å². The van der Waals surface area contributed by atoms with Gasteiger partial charge >= 0.3 is 0 Å². The fourth-order valence-corrected chi connectivity index (χ4v) is 1.57. The summed E-state index contributed by atoms with van der Waals surface area (Å²) in [6.07, 6.45) is 0. The number of para-hydroxylation sites is 1. The average Bonchev–Trinajstić information content (AvgIpc) is 2.41. The predicted octanol–water partition coefficient (Wildman–Crippen LogP) is 0.802. The van der Waals surface area contributed by atoms with Gasteiger partial charge in [0.05, 0.1) is 20.3 Å². The Morgan fingerprint density at radius 3 is 2.72 bits per heavy atom. The van der Waals surface area contributed by atoms with E-state index in [0.717, 1.165) is 12.1 Å². The number of aliphatic hydroxyl groups excluding tert-OH is 1. The summed E-state index contributed by atoms with van der Waals surface area (Å²) in [6.45, 7) is 2.34. The van der Waals surface area contributed by atoms with Gasteiger partial charge in [-0.1, -0.05) is 12.1 Å². The van der Waals surface area contributed by atoms with Crippen molar-refractivity contribution in [1.29, 1.82) is 0 Å². The smallest absolute Gasteiger partial charge is 0.165 e. The third kappa shape index (κ3) is 4.52. The van der Waals surface area contributed by atoms with Gasteiger partial charge in [0, 0.05) is 25.8 Å². The van der Waals surface area contributed by atoms with Crippen molar-refractivity contribution in [3.63, 3.8) is 0 Å². The van der Waals surface area contributed by atoms with Crippen LogP contribution in [0.3, 0.4) is 0 Å². The minimum atomic E-state index is -0.0193. The van der Waals surface area contributed by atoms with E-state index in [1.54, 1.807) is 14.2 Å². The summed E-state index contributed by atoms with van der Waals surface area (Å²) in [5.41, 5.74) is 0.999. The zero-order chi connectivity index (χ0) is 13.2. The van der Waals surface area contributed by atoms with Crippen molar-refractivity contribution in [2.45, 2.75) is 6.54 Å². The number of ether oxygens (including phenoxy) is 3. The third-order valence-corrected chi connectivity index (χ3v) is 2.42. The van der Waals surface area contributed by atoms with Crippen LogP contribution in [0.15, 0.2) is 18.2 Å². The number of rotatable bonds is 9. The molecule has 2 N–H and O–H groups in total. The molecule has 5 heteroatoms. The second kappa shape index (κ2) is 8.74. The Morgan fingerprint density at radius 1 is 1.22 bits per heavy atom. The summed E-state index contributed by atoms with van der Waals surface area (Å²) in [6, 6.07) is 5.72. The van der Waals surface area contributed by atoms with Crippen molar-refractivity contribution in [3.8, 4) is 11.5 Å². The summed E-state index contributed by atoms with van der Waals surface area (Å²) in [4.78, 5) is 0. The Balaban J connectivity index is 2.68. The van der Waals surface area contributed by atoms with Gasteiger partial charge in [0.2, 0.25) is 0 Å². The lowest BCUT2D eigenvalue weighted by atomic mass is 10.2. The van der Waals surface area contributed by atoms with Gasteiger partial charge < -0.3 is 24.6 Å². The Morgan fingerprint density at radius 2 is 2.06 bits per heavy atom. The molecule has 0 fully saturated rings. The van der Waals surface area contributed by atoms with E-state index in [4.69, 9.17) is 19.3 Å². The minimum absolute atomic E-state index is 0.0193. The van der Waals surface area contributed by atoms with E-state index in [-0.39, 0.29) is 13.2 Å². The van der Waals surface area contributed by atoms with Crippen LogP contribution in [0, 0.1) is 0 Å². The number of methoxy groups -OCH3 is 2. The molecule has 0 aliphatic rings. The molecule has 0 atom stereocenters. The molecule has 0 aromatic heterocycles. The zero-order valence-corrected chi connectivity index (χ0v) is 10.9. The van der Waals surface area contributed by atoms with Crippen LogP contribution in [0.2, 0.25) is 0 Å². The van der Waals surface area contributed by atoms with Crippen molar-refractivity contribution < 1.29 is 19.3 Å². The van der Waals surface area contributed by atoms with Crippen molar-refractivity contribution >= 4 is 0 Å². The molecule has 1 aromatic rings. The molecule has 102 valence electrons. The van der Waals surface area contributed by atoms with Crippen LogP contribution in [-0.4, -0.2) is 45.7 Å². The van der Waals surface area contributed by atoms with Crippen molar-refractivity contribution in [2.24, 2.45) is 0 Å². The van der Waals surface area contributed by atoms with E-state index >= 15 is 0 Å². The molecule has 0 saturated heterocycles. The summed E-state index contributed by atoms with van der Waals surface area (Å²) in [5, 5.41) is 12.1. The first-order valence-corrected chi connectivity index (χ1v) is 5.92. The number of hydrogen-bond acceptors (Lipinski definition) is 5. The Kier molecular flexibility index (Phi) is 7.17. The van der Waals surface area contributed by atoms with E-state index in [1.165, 1.54) is 0 Å². The van der Waals surface area contributed by atoms with Gasteiger partial charge in [-0.2, -0.15) is 0 Å². The molecular weight excluding hydrogens is 234 g/mol. The Labute approximate surface area is 108 Å². The van der Waals surface area contributed by atoms with Crippen LogP contribution < -0.4 is 14.8 Å². The van der Waals surface area contributed by atoms with E-state index in [9.17, 15) is 0 Å². The van der Waals surface area contributed by atoms with Crippen LogP contribution in [0.4, 0.5) is 0 Å². The van der Waals surface area contributed by atoms with E-state index < -0.39 is 0 Å². The Hall–Kier alpha value is -1.30. The first-order valence-electron chi connectivity index (χ1n) is 5.92. The predicted molar refractivity (Wildman–Crippen MR) is 69.2 cm³/mol. The number of nitrogens with one attached hydrogen (secondary N) is 1. The maximum atomic E-state index is 8.83. The minimum Gasteiger partial charge on any atom is -0.493 e. The lowest BCUT2D eigenvalue weighted by molar-refractivity contribution is 0.193. The van der Waals surface area contributed by atoms with Crippen molar-refractivity contribution in [2.75, 3.05) is 40.6 Å². The van der Waals surface area contributed by atoms with Crippen LogP contribution in [0.5, 0.6) is 11.5 Å². The Bertz CT molecular complexity index is 344. The summed E-state index contributed by atoms with van der Waals surface area (Å²) < 4.78 is 15.7. The lowest BCUT2D eigenvalue weighted by Crippen LogP contribution is -2.19. The third-order valence-electron chi connectivity index (χ3n) is 2.42. The second-order valence-corrected chi connectivity index (χ2v) is 3.69. The highest BCUT2D eigenvalue weighted by molar-refractivity contribution is 5.46. The fraction of sp³-hybridized carbons (Fsp3) is 0.538. The molecule has 0 saturated carbocycles. The van der Waals surface area contributed by atoms with Gasteiger partial charge in [-0.25, -0.2) is 0 Å². The first kappa shape index (κ1) is 14.8. The summed E-state index contributed by atoms with van der Waals surface area (Å²) in [7, 11) is 3.27. The molecule has 18 heavy (non-hydrogen) atoms. The molecule has 0 spiro atoms. The van der Waals surface area contributed by atoms with E-state index in [0.29, 0.717) is 24.7 Å². The molecular formula is C13H21NO4. The first-order chi connectivity index (χ1) is 8.83.